The topological polar surface area (TPSA) is 82.6 Å². The van der Waals surface area contributed by atoms with Crippen LogP contribution in [0.15, 0.2) is 15.9 Å². The molecule has 1 atom stereocenters. The summed E-state index contributed by atoms with van der Waals surface area (Å²) in [5.74, 6) is 0.420. The number of nitrogens with two attached hydrogens (primary N) is 1. The second kappa shape index (κ2) is 7.17. The fourth-order valence-electron chi connectivity index (χ4n) is 2.16. The molecule has 2 N–H and O–H groups in total. The zero-order valence-electron chi connectivity index (χ0n) is 12.3. The van der Waals surface area contributed by atoms with E-state index in [9.17, 15) is 0 Å². The van der Waals surface area contributed by atoms with Gasteiger partial charge in [-0.3, -0.25) is 0 Å². The van der Waals surface area contributed by atoms with E-state index in [1.54, 1.807) is 22.7 Å². The highest BCUT2D eigenvalue weighted by molar-refractivity contribution is 7.10. The second-order valence-electron chi connectivity index (χ2n) is 5.09. The van der Waals surface area contributed by atoms with Crippen molar-refractivity contribution in [1.29, 1.82) is 0 Å². The molecule has 0 radical (unpaired) electrons. The molecule has 0 aromatic carbocycles. The number of hydrogen-bond donors (Lipinski definition) is 1. The molecule has 0 saturated carbocycles. The number of rotatable bonds is 6. The molecule has 0 spiro atoms. The van der Waals surface area contributed by atoms with Crippen molar-refractivity contribution in [2.45, 2.75) is 38.9 Å². The van der Waals surface area contributed by atoms with Gasteiger partial charge in [0.25, 0.3) is 0 Å². The summed E-state index contributed by atoms with van der Waals surface area (Å²) >= 11 is 3.18. The van der Waals surface area contributed by atoms with Crippen molar-refractivity contribution in [3.63, 3.8) is 0 Å². The van der Waals surface area contributed by atoms with Gasteiger partial charge in [0.2, 0.25) is 0 Å². The third-order valence-corrected chi connectivity index (χ3v) is 5.12. The van der Waals surface area contributed by atoms with Crippen molar-refractivity contribution in [2.24, 2.45) is 10.9 Å². The van der Waals surface area contributed by atoms with Gasteiger partial charge in [0.15, 0.2) is 6.61 Å². The second-order valence-corrected chi connectivity index (χ2v) is 6.93. The molecule has 8 heteroatoms. The molecule has 3 heterocycles. The molecule has 2 aromatic rings. The van der Waals surface area contributed by atoms with Gasteiger partial charge in [0.05, 0.1) is 12.1 Å². The Morgan fingerprint density at radius 1 is 1.45 bits per heavy atom. The molecule has 3 rings (SSSR count). The van der Waals surface area contributed by atoms with E-state index in [0.717, 1.165) is 40.9 Å². The van der Waals surface area contributed by atoms with Crippen molar-refractivity contribution in [3.8, 4) is 0 Å². The Labute approximate surface area is 137 Å². The van der Waals surface area contributed by atoms with Crippen LogP contribution in [-0.2, 0) is 22.6 Å². The maximum Gasteiger partial charge on any atom is 0.160 e. The molecule has 1 aliphatic rings. The summed E-state index contributed by atoms with van der Waals surface area (Å²) in [4.78, 5) is 14.1. The summed E-state index contributed by atoms with van der Waals surface area (Å²) in [5, 5.41) is 9.86. The first-order chi connectivity index (χ1) is 10.7. The lowest BCUT2D eigenvalue weighted by molar-refractivity contribution is 0.109. The molecule has 1 aliphatic heterocycles. The lowest BCUT2D eigenvalue weighted by Crippen LogP contribution is -2.15. The smallest absolute Gasteiger partial charge is 0.160 e. The first-order valence-corrected chi connectivity index (χ1v) is 8.88. The molecule has 118 valence electrons. The van der Waals surface area contributed by atoms with Gasteiger partial charge in [-0.05, 0) is 19.8 Å². The average Bonchev–Trinajstić information content (AvgIpc) is 3.20. The van der Waals surface area contributed by atoms with Crippen molar-refractivity contribution in [1.82, 2.24) is 9.97 Å². The highest BCUT2D eigenvalue weighted by Gasteiger charge is 2.20. The lowest BCUT2D eigenvalue weighted by Gasteiger charge is -2.03. The molecule has 22 heavy (non-hydrogen) atoms. The van der Waals surface area contributed by atoms with E-state index in [1.165, 1.54) is 0 Å². The van der Waals surface area contributed by atoms with E-state index >= 15 is 0 Å². The van der Waals surface area contributed by atoms with Crippen LogP contribution in [0, 0.1) is 6.92 Å². The first kappa shape index (κ1) is 15.4. The molecule has 2 aromatic heterocycles. The minimum atomic E-state index is 0.153. The summed E-state index contributed by atoms with van der Waals surface area (Å²) in [6.45, 7) is 3.10. The minimum Gasteiger partial charge on any atom is -0.388 e. The van der Waals surface area contributed by atoms with E-state index in [-0.39, 0.29) is 6.10 Å². The summed E-state index contributed by atoms with van der Waals surface area (Å²) in [5.41, 5.74) is 7.69. The van der Waals surface area contributed by atoms with Gasteiger partial charge in [0.1, 0.15) is 22.0 Å². The molecule has 0 unspecified atom stereocenters. The standard InChI is InChI=1S/C14H18N4O2S2/c1-9-7-21-13(16-9)5-12(15)18-20-6-10-8-22-14(17-10)11-3-2-4-19-11/h7-8,11H,2-6H2,1H3,(H2,15,18)/t11-/m0/s1. The van der Waals surface area contributed by atoms with Gasteiger partial charge in [-0.15, -0.1) is 22.7 Å². The predicted molar refractivity (Wildman–Crippen MR) is 87.0 cm³/mol. The maximum atomic E-state index is 5.84. The van der Waals surface area contributed by atoms with Crippen molar-refractivity contribution < 1.29 is 9.57 Å². The highest BCUT2D eigenvalue weighted by Crippen LogP contribution is 2.30. The molecule has 0 aliphatic carbocycles. The van der Waals surface area contributed by atoms with Crippen LogP contribution >= 0.6 is 22.7 Å². The normalized spacial score (nSPS) is 18.8. The van der Waals surface area contributed by atoms with E-state index in [2.05, 4.69) is 15.1 Å². The minimum absolute atomic E-state index is 0.153. The predicted octanol–water partition coefficient (Wildman–Crippen LogP) is 2.79. The van der Waals surface area contributed by atoms with E-state index in [0.29, 0.717) is 18.9 Å². The van der Waals surface area contributed by atoms with E-state index in [4.69, 9.17) is 15.3 Å². The van der Waals surface area contributed by atoms with Gasteiger partial charge in [0, 0.05) is 23.1 Å². The molecule has 6 nitrogen and oxygen atoms in total. The summed E-state index contributed by atoms with van der Waals surface area (Å²) in [6, 6.07) is 0. The molecular formula is C14H18N4O2S2. The Kier molecular flexibility index (Phi) is 5.01. The summed E-state index contributed by atoms with van der Waals surface area (Å²) < 4.78 is 5.62. The van der Waals surface area contributed by atoms with Crippen molar-refractivity contribution >= 4 is 28.5 Å². The fraction of sp³-hybridized carbons (Fsp3) is 0.500. The zero-order chi connectivity index (χ0) is 15.4. The molecule has 1 saturated heterocycles. The number of thiazole rings is 2. The number of nitrogens with zero attached hydrogens (tertiary/aromatic N) is 3. The fourth-order valence-corrected chi connectivity index (χ4v) is 3.83. The quantitative estimate of drug-likeness (QED) is 0.497. The monoisotopic (exact) mass is 338 g/mol. The molecule has 1 fully saturated rings. The number of aryl methyl sites for hydroxylation is 1. The van der Waals surface area contributed by atoms with Gasteiger partial charge < -0.3 is 15.3 Å². The lowest BCUT2D eigenvalue weighted by atomic mass is 10.2. The Morgan fingerprint density at radius 2 is 2.36 bits per heavy atom. The summed E-state index contributed by atoms with van der Waals surface area (Å²) in [7, 11) is 0. The first-order valence-electron chi connectivity index (χ1n) is 7.12. The van der Waals surface area contributed by atoms with Crippen LogP contribution in [0.3, 0.4) is 0 Å². The van der Waals surface area contributed by atoms with E-state index in [1.807, 2.05) is 17.7 Å². The SMILES string of the molecule is Cc1csc(C/C(N)=N\OCc2csc([C@@H]3CCCO3)n2)n1. The highest BCUT2D eigenvalue weighted by atomic mass is 32.1. The Hall–Kier alpha value is -1.51. The van der Waals surface area contributed by atoms with Gasteiger partial charge in [-0.1, -0.05) is 5.16 Å². The third-order valence-electron chi connectivity index (χ3n) is 3.17. The van der Waals surface area contributed by atoms with Gasteiger partial charge in [-0.25, -0.2) is 9.97 Å². The number of oxime groups is 1. The Morgan fingerprint density at radius 3 is 3.09 bits per heavy atom. The zero-order valence-corrected chi connectivity index (χ0v) is 14.0. The van der Waals surface area contributed by atoms with Crippen molar-refractivity contribution in [3.05, 3.63) is 32.2 Å². The Bertz CT molecular complexity index is 647. The van der Waals surface area contributed by atoms with Crippen LogP contribution in [0.2, 0.25) is 0 Å². The van der Waals surface area contributed by atoms with Gasteiger partial charge >= 0.3 is 0 Å². The molecule has 0 bridgehead atoms. The van der Waals surface area contributed by atoms with Gasteiger partial charge in [-0.2, -0.15) is 0 Å². The van der Waals surface area contributed by atoms with Crippen LogP contribution in [0.4, 0.5) is 0 Å². The maximum absolute atomic E-state index is 5.84. The molecular weight excluding hydrogens is 320 g/mol. The van der Waals surface area contributed by atoms with Crippen molar-refractivity contribution in [2.75, 3.05) is 6.61 Å². The summed E-state index contributed by atoms with van der Waals surface area (Å²) in [6.07, 6.45) is 2.82. The van der Waals surface area contributed by atoms with Crippen LogP contribution in [0.25, 0.3) is 0 Å². The van der Waals surface area contributed by atoms with Crippen LogP contribution in [0.1, 0.15) is 40.3 Å². The largest absolute Gasteiger partial charge is 0.388 e. The molecule has 0 amide bonds. The number of hydrogen-bond acceptors (Lipinski definition) is 7. The van der Waals surface area contributed by atoms with Crippen LogP contribution in [0.5, 0.6) is 0 Å². The average molecular weight is 338 g/mol. The van der Waals surface area contributed by atoms with E-state index < -0.39 is 0 Å². The van der Waals surface area contributed by atoms with Crippen LogP contribution in [-0.4, -0.2) is 22.4 Å². The number of ether oxygens (including phenoxy) is 1. The number of amidine groups is 1. The Balaban J connectivity index is 1.48. The number of aromatic nitrogens is 2. The third kappa shape index (κ3) is 4.02. The van der Waals surface area contributed by atoms with Crippen LogP contribution < -0.4 is 5.73 Å².